The van der Waals surface area contributed by atoms with Crippen LogP contribution in [0.15, 0.2) is 35.9 Å². The van der Waals surface area contributed by atoms with E-state index in [4.69, 9.17) is 39.1 Å². The summed E-state index contributed by atoms with van der Waals surface area (Å²) in [5, 5.41) is 12.8. The number of nitriles is 1. The third-order valence-electron chi connectivity index (χ3n) is 3.74. The highest BCUT2D eigenvalue weighted by atomic mass is 35.5. The van der Waals surface area contributed by atoms with Crippen LogP contribution in [0.25, 0.3) is 6.08 Å². The average molecular weight is 429 g/mol. The molecule has 0 aromatic heterocycles. The average Bonchev–Trinajstić information content (AvgIpc) is 2.68. The number of rotatable bonds is 7. The highest BCUT2D eigenvalue weighted by Gasteiger charge is 2.15. The molecule has 0 unspecified atom stereocenters. The summed E-state index contributed by atoms with van der Waals surface area (Å²) in [7, 11) is 0. The van der Waals surface area contributed by atoms with E-state index in [-0.39, 0.29) is 17.2 Å². The lowest BCUT2D eigenvalue weighted by Crippen LogP contribution is -2.13. The Labute approximate surface area is 179 Å². The topological polar surface area (TPSA) is 71.3 Å². The Hall–Kier alpha value is -3.12. The Kier molecular flexibility index (Phi) is 7.98. The fraction of sp³-hybridized carbons (Fsp3) is 0.182. The molecule has 0 saturated carbocycles. The van der Waals surface area contributed by atoms with Gasteiger partial charge in [-0.05, 0) is 55.3 Å². The van der Waals surface area contributed by atoms with Crippen LogP contribution in [0.1, 0.15) is 18.1 Å². The van der Waals surface area contributed by atoms with Crippen molar-refractivity contribution in [1.82, 2.24) is 0 Å². The van der Waals surface area contributed by atoms with E-state index in [2.05, 4.69) is 11.2 Å². The summed E-state index contributed by atoms with van der Waals surface area (Å²) < 4.78 is 11.0. The molecule has 1 amide bonds. The summed E-state index contributed by atoms with van der Waals surface area (Å²) in [6.45, 7) is 4.06. The quantitative estimate of drug-likeness (QED) is 0.370. The fourth-order valence-corrected chi connectivity index (χ4v) is 2.83. The Morgan fingerprint density at radius 1 is 1.24 bits per heavy atom. The summed E-state index contributed by atoms with van der Waals surface area (Å²) in [5.74, 6) is 2.46. The van der Waals surface area contributed by atoms with Crippen molar-refractivity contribution in [2.75, 3.05) is 18.5 Å². The molecule has 0 aliphatic heterocycles. The number of carbonyl (C=O) groups is 1. The van der Waals surface area contributed by atoms with Gasteiger partial charge in [0.05, 0.1) is 11.6 Å². The van der Waals surface area contributed by atoms with Crippen LogP contribution in [0.2, 0.25) is 10.0 Å². The maximum absolute atomic E-state index is 12.5. The van der Waals surface area contributed by atoms with Crippen LogP contribution >= 0.6 is 23.2 Å². The summed E-state index contributed by atoms with van der Waals surface area (Å²) >= 11 is 12.3. The molecule has 2 rings (SSSR count). The standard InChI is InChI=1S/C22H18Cl2N2O3/c1-4-8-29-21-19(24)10-15(11-20(21)28-5-2)9-16(13-25)22(27)26-17-7-6-14(3)18(23)12-17/h1,6-7,9-12H,5,8H2,2-3H3,(H,26,27). The minimum Gasteiger partial charge on any atom is -0.490 e. The second-order valence-electron chi connectivity index (χ2n) is 5.84. The summed E-state index contributed by atoms with van der Waals surface area (Å²) in [4.78, 5) is 12.5. The lowest BCUT2D eigenvalue weighted by atomic mass is 10.1. The Morgan fingerprint density at radius 2 is 2.00 bits per heavy atom. The molecule has 29 heavy (non-hydrogen) atoms. The molecule has 7 heteroatoms. The van der Waals surface area contributed by atoms with Crippen LogP contribution < -0.4 is 14.8 Å². The van der Waals surface area contributed by atoms with Crippen molar-refractivity contribution in [3.8, 4) is 29.9 Å². The zero-order chi connectivity index (χ0) is 21.4. The van der Waals surface area contributed by atoms with Gasteiger partial charge < -0.3 is 14.8 Å². The number of amides is 1. The number of carbonyl (C=O) groups excluding carboxylic acids is 1. The monoisotopic (exact) mass is 428 g/mol. The molecule has 0 aliphatic carbocycles. The van der Waals surface area contributed by atoms with Gasteiger partial charge in [0.2, 0.25) is 0 Å². The largest absolute Gasteiger partial charge is 0.490 e. The van der Waals surface area contributed by atoms with Crippen molar-refractivity contribution in [3.63, 3.8) is 0 Å². The Morgan fingerprint density at radius 3 is 2.62 bits per heavy atom. The van der Waals surface area contributed by atoms with Gasteiger partial charge in [0.25, 0.3) is 5.91 Å². The van der Waals surface area contributed by atoms with E-state index in [0.29, 0.717) is 34.4 Å². The number of nitrogens with zero attached hydrogens (tertiary/aromatic N) is 1. The van der Waals surface area contributed by atoms with Crippen molar-refractivity contribution >= 4 is 40.9 Å². The van der Waals surface area contributed by atoms with E-state index in [9.17, 15) is 10.1 Å². The lowest BCUT2D eigenvalue weighted by molar-refractivity contribution is -0.112. The van der Waals surface area contributed by atoms with Crippen molar-refractivity contribution in [2.45, 2.75) is 13.8 Å². The maximum atomic E-state index is 12.5. The number of aryl methyl sites for hydroxylation is 1. The second kappa shape index (κ2) is 10.4. The number of nitrogens with one attached hydrogen (secondary N) is 1. The van der Waals surface area contributed by atoms with Crippen molar-refractivity contribution in [3.05, 3.63) is 57.1 Å². The maximum Gasteiger partial charge on any atom is 0.266 e. The molecule has 1 N–H and O–H groups in total. The molecule has 0 bridgehead atoms. The molecule has 148 valence electrons. The third kappa shape index (κ3) is 5.93. The van der Waals surface area contributed by atoms with Gasteiger partial charge in [0.15, 0.2) is 11.5 Å². The van der Waals surface area contributed by atoms with Gasteiger partial charge in [0.1, 0.15) is 18.2 Å². The first kappa shape index (κ1) is 22.2. The van der Waals surface area contributed by atoms with Crippen LogP contribution in [0.4, 0.5) is 5.69 Å². The van der Waals surface area contributed by atoms with Gasteiger partial charge in [-0.15, -0.1) is 6.42 Å². The molecular weight excluding hydrogens is 411 g/mol. The van der Waals surface area contributed by atoms with Crippen molar-refractivity contribution in [1.29, 1.82) is 5.26 Å². The van der Waals surface area contributed by atoms with Crippen LogP contribution in [0.3, 0.4) is 0 Å². The zero-order valence-corrected chi connectivity index (χ0v) is 17.4. The van der Waals surface area contributed by atoms with E-state index < -0.39 is 5.91 Å². The number of ether oxygens (including phenoxy) is 2. The first-order valence-corrected chi connectivity index (χ1v) is 9.37. The molecule has 0 atom stereocenters. The summed E-state index contributed by atoms with van der Waals surface area (Å²) in [6, 6.07) is 10.2. The number of halogens is 2. The van der Waals surface area contributed by atoms with E-state index in [1.165, 1.54) is 6.08 Å². The van der Waals surface area contributed by atoms with Gasteiger partial charge in [-0.25, -0.2) is 0 Å². The molecule has 0 fully saturated rings. The molecule has 0 radical (unpaired) electrons. The van der Waals surface area contributed by atoms with E-state index >= 15 is 0 Å². The fourth-order valence-electron chi connectivity index (χ4n) is 2.37. The normalized spacial score (nSPS) is 10.6. The predicted octanol–water partition coefficient (Wildman–Crippen LogP) is 5.26. The highest BCUT2D eigenvalue weighted by molar-refractivity contribution is 6.32. The Balaban J connectivity index is 2.33. The summed E-state index contributed by atoms with van der Waals surface area (Å²) in [6.07, 6.45) is 6.63. The van der Waals surface area contributed by atoms with Crippen LogP contribution in [0, 0.1) is 30.6 Å². The lowest BCUT2D eigenvalue weighted by Gasteiger charge is -2.13. The Bertz CT molecular complexity index is 1030. The predicted molar refractivity (Wildman–Crippen MR) is 115 cm³/mol. The highest BCUT2D eigenvalue weighted by Crippen LogP contribution is 2.37. The van der Waals surface area contributed by atoms with E-state index in [1.54, 1.807) is 30.3 Å². The molecular formula is C22H18Cl2N2O3. The second-order valence-corrected chi connectivity index (χ2v) is 6.66. The number of benzene rings is 2. The van der Waals surface area contributed by atoms with E-state index in [0.717, 1.165) is 5.56 Å². The molecule has 0 heterocycles. The number of anilines is 1. The minimum atomic E-state index is -0.575. The number of hydrogen-bond donors (Lipinski definition) is 1. The van der Waals surface area contributed by atoms with Crippen molar-refractivity contribution < 1.29 is 14.3 Å². The molecule has 0 aliphatic rings. The molecule has 2 aromatic carbocycles. The molecule has 2 aromatic rings. The minimum absolute atomic E-state index is 0.0277. The smallest absolute Gasteiger partial charge is 0.266 e. The van der Waals surface area contributed by atoms with Gasteiger partial charge >= 0.3 is 0 Å². The van der Waals surface area contributed by atoms with Gasteiger partial charge in [-0.1, -0.05) is 35.2 Å². The SMILES string of the molecule is C#CCOc1c(Cl)cc(C=C(C#N)C(=O)Nc2ccc(C)c(Cl)c2)cc1OCC. The van der Waals surface area contributed by atoms with Crippen molar-refractivity contribution in [2.24, 2.45) is 0 Å². The summed E-state index contributed by atoms with van der Waals surface area (Å²) in [5.41, 5.74) is 1.75. The van der Waals surface area contributed by atoms with E-state index in [1.807, 2.05) is 19.9 Å². The number of terminal acetylenes is 1. The molecule has 5 nitrogen and oxygen atoms in total. The first-order chi connectivity index (χ1) is 13.9. The van der Waals surface area contributed by atoms with Crippen LogP contribution in [0.5, 0.6) is 11.5 Å². The van der Waals surface area contributed by atoms with Crippen LogP contribution in [-0.4, -0.2) is 19.1 Å². The molecule has 0 saturated heterocycles. The van der Waals surface area contributed by atoms with Crippen LogP contribution in [-0.2, 0) is 4.79 Å². The van der Waals surface area contributed by atoms with Gasteiger partial charge in [-0.2, -0.15) is 5.26 Å². The third-order valence-corrected chi connectivity index (χ3v) is 4.43. The van der Waals surface area contributed by atoms with Gasteiger partial charge in [0, 0.05) is 10.7 Å². The first-order valence-electron chi connectivity index (χ1n) is 8.61. The van der Waals surface area contributed by atoms with Gasteiger partial charge in [-0.3, -0.25) is 4.79 Å². The molecule has 0 spiro atoms. The zero-order valence-electron chi connectivity index (χ0n) is 15.9. The number of hydrogen-bond acceptors (Lipinski definition) is 4.